The summed E-state index contributed by atoms with van der Waals surface area (Å²) in [5.41, 5.74) is 1.16. The Balaban J connectivity index is 2.27. The van der Waals surface area contributed by atoms with Gasteiger partial charge in [-0.15, -0.1) is 0 Å². The van der Waals surface area contributed by atoms with Crippen LogP contribution in [0.15, 0.2) is 6.07 Å². The second-order valence-electron chi connectivity index (χ2n) is 5.80. The van der Waals surface area contributed by atoms with Gasteiger partial charge in [-0.25, -0.2) is 9.97 Å². The zero-order valence-electron chi connectivity index (χ0n) is 13.0. The predicted octanol–water partition coefficient (Wildman–Crippen LogP) is 2.83. The van der Waals surface area contributed by atoms with Gasteiger partial charge in [0.05, 0.1) is 6.04 Å². The third-order valence-electron chi connectivity index (χ3n) is 3.47. The van der Waals surface area contributed by atoms with Gasteiger partial charge >= 0.3 is 0 Å². The maximum Gasteiger partial charge on any atom is 0.148 e. The molecule has 2 heterocycles. The highest BCUT2D eigenvalue weighted by atomic mass is 32.2. The van der Waals surface area contributed by atoms with E-state index in [1.807, 2.05) is 11.8 Å². The smallest absolute Gasteiger partial charge is 0.148 e. The van der Waals surface area contributed by atoms with Crippen LogP contribution in [0.2, 0.25) is 0 Å². The van der Waals surface area contributed by atoms with E-state index in [1.54, 1.807) is 0 Å². The van der Waals surface area contributed by atoms with E-state index in [9.17, 15) is 0 Å². The highest BCUT2D eigenvalue weighted by Crippen LogP contribution is 2.27. The van der Waals surface area contributed by atoms with Gasteiger partial charge < -0.3 is 5.32 Å². The lowest BCUT2D eigenvalue weighted by Crippen LogP contribution is -2.34. The van der Waals surface area contributed by atoms with Crippen LogP contribution in [0.25, 0.3) is 0 Å². The van der Waals surface area contributed by atoms with E-state index in [4.69, 9.17) is 9.97 Å². The highest BCUT2D eigenvalue weighted by Gasteiger charge is 2.24. The zero-order valence-corrected chi connectivity index (χ0v) is 13.8. The molecule has 1 aliphatic rings. The van der Waals surface area contributed by atoms with E-state index < -0.39 is 0 Å². The summed E-state index contributed by atoms with van der Waals surface area (Å²) in [5.74, 6) is 4.86. The third-order valence-corrected chi connectivity index (χ3v) is 4.49. The number of nitrogens with one attached hydrogen (secondary N) is 1. The standard InChI is InChI=1S/C15H26N4S/c1-5-16-14-9-12(8-11(2)3)17-15(18-14)13-10-20-7-6-19(13)4/h9,11,13H,5-8,10H2,1-4H3,(H,16,17,18). The van der Waals surface area contributed by atoms with Crippen LogP contribution >= 0.6 is 11.8 Å². The van der Waals surface area contributed by atoms with E-state index in [0.717, 1.165) is 42.6 Å². The fourth-order valence-corrected chi connectivity index (χ4v) is 3.63. The van der Waals surface area contributed by atoms with Crippen molar-refractivity contribution in [1.82, 2.24) is 14.9 Å². The molecule has 0 radical (unpaired) electrons. The summed E-state index contributed by atoms with van der Waals surface area (Å²) in [5, 5.41) is 3.34. The summed E-state index contributed by atoms with van der Waals surface area (Å²) in [4.78, 5) is 11.9. The van der Waals surface area contributed by atoms with Gasteiger partial charge in [0.25, 0.3) is 0 Å². The van der Waals surface area contributed by atoms with Crippen LogP contribution in [0.3, 0.4) is 0 Å². The maximum absolute atomic E-state index is 4.82. The van der Waals surface area contributed by atoms with Crippen LogP contribution < -0.4 is 5.32 Å². The van der Waals surface area contributed by atoms with Crippen molar-refractivity contribution in [3.63, 3.8) is 0 Å². The Labute approximate surface area is 126 Å². The monoisotopic (exact) mass is 294 g/mol. The largest absolute Gasteiger partial charge is 0.370 e. The van der Waals surface area contributed by atoms with Crippen LogP contribution in [0.5, 0.6) is 0 Å². The van der Waals surface area contributed by atoms with E-state index in [0.29, 0.717) is 12.0 Å². The Bertz CT molecular complexity index is 436. The quantitative estimate of drug-likeness (QED) is 0.904. The molecule has 1 unspecified atom stereocenters. The predicted molar refractivity (Wildman–Crippen MR) is 87.4 cm³/mol. The average Bonchev–Trinajstić information content (AvgIpc) is 2.38. The van der Waals surface area contributed by atoms with Crippen LogP contribution in [-0.4, -0.2) is 46.5 Å². The molecule has 0 aromatic carbocycles. The number of hydrogen-bond acceptors (Lipinski definition) is 5. The summed E-state index contributed by atoms with van der Waals surface area (Å²) < 4.78 is 0. The minimum absolute atomic E-state index is 0.346. The first kappa shape index (κ1) is 15.6. The minimum atomic E-state index is 0.346. The molecular formula is C15H26N4S. The molecule has 112 valence electrons. The van der Waals surface area contributed by atoms with E-state index >= 15 is 0 Å². The van der Waals surface area contributed by atoms with E-state index in [2.05, 4.69) is 44.1 Å². The first-order valence-corrected chi connectivity index (χ1v) is 8.65. The number of thioether (sulfide) groups is 1. The molecular weight excluding hydrogens is 268 g/mol. The van der Waals surface area contributed by atoms with Crippen molar-refractivity contribution in [2.75, 3.05) is 37.0 Å². The van der Waals surface area contributed by atoms with Crippen molar-refractivity contribution in [2.45, 2.75) is 33.2 Å². The molecule has 0 aliphatic carbocycles. The average molecular weight is 294 g/mol. The van der Waals surface area contributed by atoms with Crippen molar-refractivity contribution in [3.8, 4) is 0 Å². The molecule has 0 spiro atoms. The van der Waals surface area contributed by atoms with E-state index in [1.165, 1.54) is 5.75 Å². The third kappa shape index (κ3) is 4.09. The van der Waals surface area contributed by atoms with Crippen molar-refractivity contribution in [1.29, 1.82) is 0 Å². The summed E-state index contributed by atoms with van der Waals surface area (Å²) in [6.45, 7) is 8.58. The maximum atomic E-state index is 4.82. The molecule has 1 N–H and O–H groups in total. The van der Waals surface area contributed by atoms with Gasteiger partial charge in [-0.1, -0.05) is 13.8 Å². The van der Waals surface area contributed by atoms with Crippen molar-refractivity contribution in [2.24, 2.45) is 5.92 Å². The first-order chi connectivity index (χ1) is 9.60. The molecule has 1 atom stereocenters. The molecule has 20 heavy (non-hydrogen) atoms. The Hall–Kier alpha value is -0.810. The Kier molecular flexibility index (Phi) is 5.66. The fourth-order valence-electron chi connectivity index (χ4n) is 2.42. The van der Waals surface area contributed by atoms with Crippen LogP contribution in [0.4, 0.5) is 5.82 Å². The van der Waals surface area contributed by atoms with Gasteiger partial charge in [-0.2, -0.15) is 11.8 Å². The van der Waals surface area contributed by atoms with Crippen molar-refractivity contribution in [3.05, 3.63) is 17.6 Å². The zero-order chi connectivity index (χ0) is 14.5. The second kappa shape index (κ2) is 7.27. The number of hydrogen-bond donors (Lipinski definition) is 1. The van der Waals surface area contributed by atoms with Crippen molar-refractivity contribution >= 4 is 17.6 Å². The number of aromatic nitrogens is 2. The van der Waals surface area contributed by atoms with E-state index in [-0.39, 0.29) is 0 Å². The Morgan fingerprint density at radius 2 is 2.25 bits per heavy atom. The second-order valence-corrected chi connectivity index (χ2v) is 6.95. The van der Waals surface area contributed by atoms with Gasteiger partial charge in [0, 0.05) is 36.4 Å². The molecule has 1 aliphatic heterocycles. The van der Waals surface area contributed by atoms with Gasteiger partial charge in [0.2, 0.25) is 0 Å². The van der Waals surface area contributed by atoms with Gasteiger partial charge in [-0.05, 0) is 26.3 Å². The molecule has 1 aromatic heterocycles. The molecule has 0 bridgehead atoms. The Morgan fingerprint density at radius 1 is 1.45 bits per heavy atom. The van der Waals surface area contributed by atoms with Crippen molar-refractivity contribution < 1.29 is 0 Å². The minimum Gasteiger partial charge on any atom is -0.370 e. The fraction of sp³-hybridized carbons (Fsp3) is 0.733. The lowest BCUT2D eigenvalue weighted by molar-refractivity contribution is 0.264. The molecule has 4 nitrogen and oxygen atoms in total. The lowest BCUT2D eigenvalue weighted by atomic mass is 10.1. The molecule has 1 fully saturated rings. The number of anilines is 1. The molecule has 0 amide bonds. The van der Waals surface area contributed by atoms with Gasteiger partial charge in [0.15, 0.2) is 0 Å². The lowest BCUT2D eigenvalue weighted by Gasteiger charge is -2.31. The SMILES string of the molecule is CCNc1cc(CC(C)C)nc(C2CSCCN2C)n1. The van der Waals surface area contributed by atoms with Crippen LogP contribution in [0.1, 0.15) is 38.3 Å². The molecule has 1 aromatic rings. The molecule has 5 heteroatoms. The number of nitrogens with zero attached hydrogens (tertiary/aromatic N) is 3. The Morgan fingerprint density at radius 3 is 2.90 bits per heavy atom. The van der Waals surface area contributed by atoms with Crippen LogP contribution in [-0.2, 0) is 6.42 Å². The number of rotatable bonds is 5. The molecule has 1 saturated heterocycles. The summed E-state index contributed by atoms with van der Waals surface area (Å²) in [6, 6.07) is 2.45. The molecule has 0 saturated carbocycles. The first-order valence-electron chi connectivity index (χ1n) is 7.49. The molecule has 2 rings (SSSR count). The summed E-state index contributed by atoms with van der Waals surface area (Å²) >= 11 is 2.00. The summed E-state index contributed by atoms with van der Waals surface area (Å²) in [6.07, 6.45) is 1.01. The van der Waals surface area contributed by atoms with Gasteiger partial charge in [-0.3, -0.25) is 4.90 Å². The van der Waals surface area contributed by atoms with Gasteiger partial charge in [0.1, 0.15) is 11.6 Å². The summed E-state index contributed by atoms with van der Waals surface area (Å²) in [7, 11) is 2.18. The normalized spacial score (nSPS) is 20.4. The highest BCUT2D eigenvalue weighted by molar-refractivity contribution is 7.99. The topological polar surface area (TPSA) is 41.1 Å². The van der Waals surface area contributed by atoms with Crippen LogP contribution in [0, 0.1) is 5.92 Å².